The molecule has 120 valence electrons. The van der Waals surface area contributed by atoms with Gasteiger partial charge in [-0.3, -0.25) is 24.4 Å². The second-order valence-electron chi connectivity index (χ2n) is 5.23. The summed E-state index contributed by atoms with van der Waals surface area (Å²) in [4.78, 5) is 39.2. The van der Waals surface area contributed by atoms with Gasteiger partial charge in [0, 0.05) is 19.3 Å². The zero-order valence-electron chi connectivity index (χ0n) is 12.9. The molecule has 3 amide bonds. The summed E-state index contributed by atoms with van der Waals surface area (Å²) in [5.74, 6) is -0.945. The maximum atomic E-state index is 12.8. The lowest BCUT2D eigenvalue weighted by atomic mass is 10.1. The Bertz CT molecular complexity index is 613. The molecule has 0 aromatic carbocycles. The van der Waals surface area contributed by atoms with Crippen molar-refractivity contribution in [2.24, 2.45) is 0 Å². The van der Waals surface area contributed by atoms with Crippen LogP contribution in [0, 0.1) is 0 Å². The van der Waals surface area contributed by atoms with Crippen LogP contribution in [0.3, 0.4) is 0 Å². The lowest BCUT2D eigenvalue weighted by Gasteiger charge is -2.26. The number of carbonyl (C=O) groups is 3. The Balaban J connectivity index is 2.31. The van der Waals surface area contributed by atoms with Gasteiger partial charge in [-0.05, 0) is 28.8 Å². The Morgan fingerprint density at radius 3 is 2.59 bits per heavy atom. The summed E-state index contributed by atoms with van der Waals surface area (Å²) < 4.78 is 0.617. The fraction of sp³-hybridized carbons (Fsp3) is 0.571. The van der Waals surface area contributed by atoms with Crippen LogP contribution in [0.4, 0.5) is 0 Å². The zero-order valence-corrected chi connectivity index (χ0v) is 14.4. The highest BCUT2D eigenvalue weighted by molar-refractivity contribution is 9.10. The van der Waals surface area contributed by atoms with Crippen molar-refractivity contribution in [3.8, 4) is 0 Å². The first-order valence-electron chi connectivity index (χ1n) is 7.26. The number of aromatic amines is 1. The van der Waals surface area contributed by atoms with Crippen molar-refractivity contribution < 1.29 is 14.4 Å². The van der Waals surface area contributed by atoms with Crippen LogP contribution in [0.25, 0.3) is 0 Å². The molecule has 0 saturated carbocycles. The Morgan fingerprint density at radius 2 is 2.14 bits per heavy atom. The minimum Gasteiger partial charge on any atom is -0.325 e. The van der Waals surface area contributed by atoms with Crippen LogP contribution >= 0.6 is 15.9 Å². The molecule has 1 saturated heterocycles. The number of carbonyl (C=O) groups excluding carboxylic acids is 3. The molecule has 1 aliphatic heterocycles. The maximum absolute atomic E-state index is 12.8. The molecule has 8 heteroatoms. The van der Waals surface area contributed by atoms with Crippen molar-refractivity contribution in [3.63, 3.8) is 0 Å². The molecule has 2 heterocycles. The lowest BCUT2D eigenvalue weighted by Crippen LogP contribution is -2.45. The van der Waals surface area contributed by atoms with Crippen molar-refractivity contribution in [3.05, 3.63) is 15.9 Å². The number of hydrogen-bond acceptors (Lipinski definition) is 4. The highest BCUT2D eigenvalue weighted by Crippen LogP contribution is 2.24. The van der Waals surface area contributed by atoms with E-state index < -0.39 is 6.04 Å². The monoisotopic (exact) mass is 370 g/mol. The van der Waals surface area contributed by atoms with Gasteiger partial charge >= 0.3 is 0 Å². The quantitative estimate of drug-likeness (QED) is 0.792. The minimum atomic E-state index is -0.737. The van der Waals surface area contributed by atoms with Gasteiger partial charge in [-0.1, -0.05) is 13.8 Å². The normalized spacial score (nSPS) is 18.2. The van der Waals surface area contributed by atoms with E-state index in [2.05, 4.69) is 26.1 Å². The number of hydrogen-bond donors (Lipinski definition) is 1. The van der Waals surface area contributed by atoms with Crippen molar-refractivity contribution >= 4 is 33.7 Å². The molecule has 0 spiro atoms. The van der Waals surface area contributed by atoms with E-state index in [1.54, 1.807) is 0 Å². The third kappa shape index (κ3) is 2.79. The first-order valence-corrected chi connectivity index (χ1v) is 8.05. The van der Waals surface area contributed by atoms with E-state index in [9.17, 15) is 14.4 Å². The Kier molecular flexibility index (Phi) is 5.00. The smallest absolute Gasteiger partial charge is 0.276 e. The molecular weight excluding hydrogens is 352 g/mol. The predicted octanol–water partition coefficient (Wildman–Crippen LogP) is 1.34. The molecule has 1 unspecified atom stereocenters. The van der Waals surface area contributed by atoms with Crippen LogP contribution in [0.2, 0.25) is 0 Å². The Hall–Kier alpha value is -1.70. The predicted molar refractivity (Wildman–Crippen MR) is 83.2 cm³/mol. The minimum absolute atomic E-state index is 0.0315. The fourth-order valence-electron chi connectivity index (χ4n) is 2.50. The van der Waals surface area contributed by atoms with Gasteiger partial charge in [0.2, 0.25) is 5.91 Å². The third-order valence-corrected chi connectivity index (χ3v) is 4.65. The molecule has 7 nitrogen and oxygen atoms in total. The molecule has 0 radical (unpaired) electrons. The molecule has 0 bridgehead atoms. The molecular formula is C14H19BrN4O3. The summed E-state index contributed by atoms with van der Waals surface area (Å²) >= 11 is 3.38. The van der Waals surface area contributed by atoms with Crippen molar-refractivity contribution in [1.29, 1.82) is 0 Å². The number of imide groups is 1. The van der Waals surface area contributed by atoms with Crippen LogP contribution < -0.4 is 0 Å². The second kappa shape index (κ2) is 6.60. The topological polar surface area (TPSA) is 86.4 Å². The van der Waals surface area contributed by atoms with Crippen molar-refractivity contribution in [2.75, 3.05) is 13.6 Å². The third-order valence-electron chi connectivity index (χ3n) is 3.79. The van der Waals surface area contributed by atoms with E-state index in [1.807, 2.05) is 13.8 Å². The lowest BCUT2D eigenvalue weighted by molar-refractivity contribution is -0.137. The molecule has 1 aliphatic rings. The summed E-state index contributed by atoms with van der Waals surface area (Å²) in [5, 5.41) is 6.87. The Morgan fingerprint density at radius 1 is 1.45 bits per heavy atom. The zero-order chi connectivity index (χ0) is 16.4. The molecule has 1 aromatic rings. The molecule has 22 heavy (non-hydrogen) atoms. The summed E-state index contributed by atoms with van der Waals surface area (Å²) in [5.41, 5.74) is 1.07. The number of aryl methyl sites for hydroxylation is 1. The van der Waals surface area contributed by atoms with E-state index in [4.69, 9.17) is 0 Å². The van der Waals surface area contributed by atoms with Crippen LogP contribution in [-0.4, -0.2) is 57.4 Å². The van der Waals surface area contributed by atoms with Crippen LogP contribution in [0.15, 0.2) is 4.47 Å². The number of rotatable bonds is 5. The fourth-order valence-corrected chi connectivity index (χ4v) is 3.12. The number of amides is 3. The first kappa shape index (κ1) is 16.7. The molecule has 1 N–H and O–H groups in total. The van der Waals surface area contributed by atoms with E-state index >= 15 is 0 Å². The number of nitrogens with zero attached hydrogens (tertiary/aromatic N) is 3. The molecule has 1 fully saturated rings. The van der Waals surface area contributed by atoms with Gasteiger partial charge in [0.1, 0.15) is 6.04 Å². The summed E-state index contributed by atoms with van der Waals surface area (Å²) in [7, 11) is 1.44. The SMILES string of the molecule is CCCN(C(=O)c1n[nH]c(CC)c1Br)C1CC(=O)N(C)C1=O. The summed E-state index contributed by atoms with van der Waals surface area (Å²) in [6, 6.07) is -0.737. The number of nitrogens with one attached hydrogen (secondary N) is 1. The molecule has 2 rings (SSSR count). The second-order valence-corrected chi connectivity index (χ2v) is 6.02. The highest BCUT2D eigenvalue weighted by atomic mass is 79.9. The van der Waals surface area contributed by atoms with E-state index in [0.717, 1.165) is 10.6 Å². The number of H-pyrrole nitrogens is 1. The largest absolute Gasteiger partial charge is 0.325 e. The van der Waals surface area contributed by atoms with Gasteiger partial charge < -0.3 is 4.90 Å². The summed E-state index contributed by atoms with van der Waals surface area (Å²) in [6.45, 7) is 4.27. The van der Waals surface area contributed by atoms with Gasteiger partial charge in [0.05, 0.1) is 10.9 Å². The number of likely N-dealkylation sites (tertiary alicyclic amines) is 1. The number of halogens is 1. The average molecular weight is 371 g/mol. The van der Waals surface area contributed by atoms with Gasteiger partial charge in [-0.2, -0.15) is 5.10 Å². The van der Waals surface area contributed by atoms with Gasteiger partial charge in [0.15, 0.2) is 5.69 Å². The molecule has 1 atom stereocenters. The standard InChI is InChI=1S/C14H19BrN4O3/c1-4-6-19(9-7-10(20)18(3)13(9)21)14(22)12-11(15)8(5-2)16-17-12/h9H,4-7H2,1-3H3,(H,16,17). The number of likely N-dealkylation sites (N-methyl/N-ethyl adjacent to an activating group) is 1. The van der Waals surface area contributed by atoms with E-state index in [1.165, 1.54) is 11.9 Å². The molecule has 1 aromatic heterocycles. The van der Waals surface area contributed by atoms with E-state index in [0.29, 0.717) is 23.9 Å². The van der Waals surface area contributed by atoms with Gasteiger partial charge in [0.25, 0.3) is 11.8 Å². The first-order chi connectivity index (χ1) is 10.4. The average Bonchev–Trinajstić information content (AvgIpc) is 2.99. The Labute approximate surface area is 137 Å². The van der Waals surface area contributed by atoms with Crippen LogP contribution in [0.5, 0.6) is 0 Å². The summed E-state index contributed by atoms with van der Waals surface area (Å²) in [6.07, 6.45) is 1.43. The van der Waals surface area contributed by atoms with Crippen LogP contribution in [0.1, 0.15) is 42.9 Å². The highest BCUT2D eigenvalue weighted by Gasteiger charge is 2.42. The van der Waals surface area contributed by atoms with E-state index in [-0.39, 0.29) is 29.8 Å². The molecule has 0 aliphatic carbocycles. The van der Waals surface area contributed by atoms with Crippen molar-refractivity contribution in [1.82, 2.24) is 20.0 Å². The van der Waals surface area contributed by atoms with Crippen molar-refractivity contribution in [2.45, 2.75) is 39.2 Å². The van der Waals surface area contributed by atoms with Gasteiger partial charge in [-0.25, -0.2) is 0 Å². The van der Waals surface area contributed by atoms with Gasteiger partial charge in [-0.15, -0.1) is 0 Å². The van der Waals surface area contributed by atoms with Crippen LogP contribution in [-0.2, 0) is 16.0 Å². The number of aromatic nitrogens is 2. The maximum Gasteiger partial charge on any atom is 0.276 e.